The number of anilines is 1. The van der Waals surface area contributed by atoms with E-state index in [-0.39, 0.29) is 0 Å². The van der Waals surface area contributed by atoms with Crippen LogP contribution in [-0.4, -0.2) is 23.6 Å². The van der Waals surface area contributed by atoms with Gasteiger partial charge in [-0.25, -0.2) is 9.97 Å². The second-order valence-corrected chi connectivity index (χ2v) is 4.23. The van der Waals surface area contributed by atoms with E-state index in [1.54, 1.807) is 7.11 Å². The van der Waals surface area contributed by atoms with Gasteiger partial charge >= 0.3 is 0 Å². The first kappa shape index (κ1) is 14.3. The molecule has 0 aliphatic rings. The highest BCUT2D eigenvalue weighted by Crippen LogP contribution is 2.12. The lowest BCUT2D eigenvalue weighted by molar-refractivity contribution is 0.180. The molecular formula is C15H19N3O2. The first-order valence-corrected chi connectivity index (χ1v) is 6.59. The number of nitrogens with zero attached hydrogens (tertiary/aromatic N) is 2. The summed E-state index contributed by atoms with van der Waals surface area (Å²) in [5.74, 6) is 2.24. The number of rotatable bonds is 7. The summed E-state index contributed by atoms with van der Waals surface area (Å²) in [5, 5.41) is 3.18. The first-order valence-electron chi connectivity index (χ1n) is 6.59. The Balaban J connectivity index is 2.09. The van der Waals surface area contributed by atoms with Gasteiger partial charge in [-0.1, -0.05) is 18.2 Å². The summed E-state index contributed by atoms with van der Waals surface area (Å²) in [6.45, 7) is 3.62. The number of ether oxygens (including phenoxy) is 2. The molecule has 0 aliphatic heterocycles. The Hall–Kier alpha value is -2.14. The van der Waals surface area contributed by atoms with E-state index in [0.29, 0.717) is 19.0 Å². The number of benzene rings is 1. The van der Waals surface area contributed by atoms with Crippen LogP contribution in [0.5, 0.6) is 5.75 Å². The maximum Gasteiger partial charge on any atom is 0.168 e. The van der Waals surface area contributed by atoms with Gasteiger partial charge in [0.2, 0.25) is 0 Å². The molecule has 0 saturated heterocycles. The van der Waals surface area contributed by atoms with Crippen molar-refractivity contribution in [3.63, 3.8) is 0 Å². The lowest BCUT2D eigenvalue weighted by Crippen LogP contribution is -2.09. The third-order valence-electron chi connectivity index (χ3n) is 2.59. The van der Waals surface area contributed by atoms with Crippen LogP contribution in [-0.2, 0) is 18.0 Å². The average Bonchev–Trinajstić information content (AvgIpc) is 2.47. The molecule has 1 aromatic heterocycles. The molecule has 0 amide bonds. The molecule has 0 unspecified atom stereocenters. The minimum atomic E-state index is 0.333. The van der Waals surface area contributed by atoms with Crippen molar-refractivity contribution in [1.82, 2.24) is 9.97 Å². The van der Waals surface area contributed by atoms with Crippen molar-refractivity contribution in [2.24, 2.45) is 0 Å². The van der Waals surface area contributed by atoms with Gasteiger partial charge in [0.25, 0.3) is 0 Å². The van der Waals surface area contributed by atoms with Gasteiger partial charge in [0, 0.05) is 19.7 Å². The Morgan fingerprint density at radius 3 is 2.60 bits per heavy atom. The van der Waals surface area contributed by atoms with Gasteiger partial charge in [-0.3, -0.25) is 0 Å². The number of hydrogen-bond acceptors (Lipinski definition) is 5. The van der Waals surface area contributed by atoms with E-state index in [0.717, 1.165) is 23.8 Å². The zero-order valence-corrected chi connectivity index (χ0v) is 11.8. The Bertz CT molecular complexity index is 508. The highest BCUT2D eigenvalue weighted by Gasteiger charge is 2.05. The predicted molar refractivity (Wildman–Crippen MR) is 77.7 cm³/mol. The summed E-state index contributed by atoms with van der Waals surface area (Å²) in [6, 6.07) is 11.5. The van der Waals surface area contributed by atoms with Crippen LogP contribution in [0.1, 0.15) is 18.4 Å². The van der Waals surface area contributed by atoms with Gasteiger partial charge in [0.1, 0.15) is 18.2 Å². The molecule has 2 rings (SSSR count). The standard InChI is InChI=1S/C15H19N3O2/c1-3-16-14-9-12(10-19-2)17-15(18-14)11-20-13-7-5-4-6-8-13/h4-9H,3,10-11H2,1-2H3,(H,16,17,18). The van der Waals surface area contributed by atoms with Crippen molar-refractivity contribution in [1.29, 1.82) is 0 Å². The molecule has 0 radical (unpaired) electrons. The minimum Gasteiger partial charge on any atom is -0.486 e. The molecule has 2 aromatic rings. The molecule has 0 saturated carbocycles. The summed E-state index contributed by atoms with van der Waals surface area (Å²) in [6.07, 6.45) is 0. The van der Waals surface area contributed by atoms with Crippen LogP contribution in [0.25, 0.3) is 0 Å². The van der Waals surface area contributed by atoms with Crippen molar-refractivity contribution in [2.45, 2.75) is 20.1 Å². The van der Waals surface area contributed by atoms with E-state index in [1.807, 2.05) is 43.3 Å². The fourth-order valence-corrected chi connectivity index (χ4v) is 1.77. The van der Waals surface area contributed by atoms with Crippen LogP contribution in [0.4, 0.5) is 5.82 Å². The Labute approximate surface area is 119 Å². The molecule has 1 N–H and O–H groups in total. The second kappa shape index (κ2) is 7.45. The van der Waals surface area contributed by atoms with Gasteiger partial charge in [-0.15, -0.1) is 0 Å². The molecule has 0 fully saturated rings. The number of para-hydroxylation sites is 1. The quantitative estimate of drug-likeness (QED) is 0.840. The smallest absolute Gasteiger partial charge is 0.168 e. The molecule has 0 aliphatic carbocycles. The largest absolute Gasteiger partial charge is 0.486 e. The third-order valence-corrected chi connectivity index (χ3v) is 2.59. The Kier molecular flexibility index (Phi) is 5.32. The van der Waals surface area contributed by atoms with E-state index in [9.17, 15) is 0 Å². The van der Waals surface area contributed by atoms with Crippen molar-refractivity contribution in [3.05, 3.63) is 47.9 Å². The van der Waals surface area contributed by atoms with Gasteiger partial charge in [0.05, 0.1) is 12.3 Å². The topological polar surface area (TPSA) is 56.3 Å². The van der Waals surface area contributed by atoms with Crippen molar-refractivity contribution in [2.75, 3.05) is 19.0 Å². The van der Waals surface area contributed by atoms with E-state index in [2.05, 4.69) is 15.3 Å². The van der Waals surface area contributed by atoms with Gasteiger partial charge in [-0.05, 0) is 19.1 Å². The SMILES string of the molecule is CCNc1cc(COC)nc(COc2ccccc2)n1. The maximum absolute atomic E-state index is 5.66. The van der Waals surface area contributed by atoms with Gasteiger partial charge in [-0.2, -0.15) is 0 Å². The normalized spacial score (nSPS) is 10.3. The summed E-state index contributed by atoms with van der Waals surface area (Å²) in [7, 11) is 1.65. The summed E-state index contributed by atoms with van der Waals surface area (Å²) in [4.78, 5) is 8.84. The van der Waals surface area contributed by atoms with Crippen molar-refractivity contribution >= 4 is 5.82 Å². The highest BCUT2D eigenvalue weighted by atomic mass is 16.5. The van der Waals surface area contributed by atoms with Crippen molar-refractivity contribution in [3.8, 4) is 5.75 Å². The fourth-order valence-electron chi connectivity index (χ4n) is 1.77. The van der Waals surface area contributed by atoms with Crippen LogP contribution >= 0.6 is 0 Å². The van der Waals surface area contributed by atoms with Gasteiger partial charge in [0.15, 0.2) is 5.82 Å². The molecule has 5 heteroatoms. The second-order valence-electron chi connectivity index (χ2n) is 4.23. The van der Waals surface area contributed by atoms with Crippen LogP contribution in [0.3, 0.4) is 0 Å². The van der Waals surface area contributed by atoms with Crippen LogP contribution in [0.15, 0.2) is 36.4 Å². The average molecular weight is 273 g/mol. The van der Waals surface area contributed by atoms with Crippen LogP contribution in [0, 0.1) is 0 Å². The summed E-state index contributed by atoms with van der Waals surface area (Å²) in [5.41, 5.74) is 0.838. The number of methoxy groups -OCH3 is 1. The summed E-state index contributed by atoms with van der Waals surface area (Å²) >= 11 is 0. The lowest BCUT2D eigenvalue weighted by Gasteiger charge is -2.09. The molecule has 5 nitrogen and oxygen atoms in total. The van der Waals surface area contributed by atoms with E-state index in [4.69, 9.17) is 9.47 Å². The number of hydrogen-bond donors (Lipinski definition) is 1. The molecule has 0 spiro atoms. The van der Waals surface area contributed by atoms with E-state index in [1.165, 1.54) is 0 Å². The number of nitrogens with one attached hydrogen (secondary N) is 1. The molecule has 0 atom stereocenters. The first-order chi connectivity index (χ1) is 9.81. The molecule has 1 aromatic carbocycles. The minimum absolute atomic E-state index is 0.333. The number of aromatic nitrogens is 2. The fraction of sp³-hybridized carbons (Fsp3) is 0.333. The molecule has 1 heterocycles. The molecule has 106 valence electrons. The molecule has 20 heavy (non-hydrogen) atoms. The maximum atomic E-state index is 5.66. The third kappa shape index (κ3) is 4.20. The van der Waals surface area contributed by atoms with E-state index < -0.39 is 0 Å². The zero-order chi connectivity index (χ0) is 14.2. The molecular weight excluding hydrogens is 254 g/mol. The lowest BCUT2D eigenvalue weighted by atomic mass is 10.3. The summed E-state index contributed by atoms with van der Waals surface area (Å²) < 4.78 is 10.8. The van der Waals surface area contributed by atoms with Crippen LogP contribution < -0.4 is 10.1 Å². The molecule has 0 bridgehead atoms. The Morgan fingerprint density at radius 2 is 1.90 bits per heavy atom. The Morgan fingerprint density at radius 1 is 1.10 bits per heavy atom. The van der Waals surface area contributed by atoms with Crippen LogP contribution in [0.2, 0.25) is 0 Å². The van der Waals surface area contributed by atoms with E-state index >= 15 is 0 Å². The zero-order valence-electron chi connectivity index (χ0n) is 11.8. The van der Waals surface area contributed by atoms with Crippen molar-refractivity contribution < 1.29 is 9.47 Å². The van der Waals surface area contributed by atoms with Gasteiger partial charge < -0.3 is 14.8 Å². The predicted octanol–water partition coefficient (Wildman–Crippen LogP) is 2.63. The monoisotopic (exact) mass is 273 g/mol. The highest BCUT2D eigenvalue weighted by molar-refractivity contribution is 5.35.